The van der Waals surface area contributed by atoms with Gasteiger partial charge in [-0.1, -0.05) is 38.3 Å². The van der Waals surface area contributed by atoms with Crippen LogP contribution in [0.5, 0.6) is 0 Å². The molecule has 2 amide bonds. The number of hydrogen-bond donors (Lipinski definition) is 1. The third kappa shape index (κ3) is 6.11. The molecule has 1 aromatic carbocycles. The number of rotatable bonds is 8. The number of esters is 1. The Morgan fingerprint density at radius 2 is 1.74 bits per heavy atom. The van der Waals surface area contributed by atoms with E-state index in [2.05, 4.69) is 36.1 Å². The second kappa shape index (κ2) is 12.7. The number of fused-ring (bicyclic) bond motifs is 3. The molecule has 216 valence electrons. The zero-order valence-corrected chi connectivity index (χ0v) is 23.1. The van der Waals surface area contributed by atoms with E-state index in [0.717, 1.165) is 24.2 Å². The van der Waals surface area contributed by atoms with Gasteiger partial charge in [0.2, 0.25) is 11.8 Å². The van der Waals surface area contributed by atoms with E-state index in [1.54, 1.807) is 0 Å². The lowest BCUT2D eigenvalue weighted by Crippen LogP contribution is -2.59. The SMILES string of the molecule is CCCCCCSc1ccc([C@@H]2[C@H]3C(=O)N(C)C(=O)[C@H]3[C@]3(C(=O)OC)CCCCN23)cc1.O=C(O)C(F)(F)F. The van der Waals surface area contributed by atoms with E-state index >= 15 is 0 Å². The third-order valence-electron chi connectivity index (χ3n) is 7.75. The van der Waals surface area contributed by atoms with Gasteiger partial charge >= 0.3 is 18.1 Å². The van der Waals surface area contributed by atoms with Crippen molar-refractivity contribution < 1.29 is 42.2 Å². The number of imide groups is 1. The van der Waals surface area contributed by atoms with Gasteiger partial charge in [0.05, 0.1) is 18.9 Å². The van der Waals surface area contributed by atoms with Gasteiger partial charge in [-0.25, -0.2) is 4.79 Å². The Labute approximate surface area is 230 Å². The average Bonchev–Trinajstić information content (AvgIpc) is 3.34. The summed E-state index contributed by atoms with van der Waals surface area (Å²) in [6, 6.07) is 8.09. The van der Waals surface area contributed by atoms with Crippen LogP contribution in [0.4, 0.5) is 13.2 Å². The topological polar surface area (TPSA) is 104 Å². The number of likely N-dealkylation sites (tertiary alicyclic amines) is 1. The third-order valence-corrected chi connectivity index (χ3v) is 8.85. The second-order valence-corrected chi connectivity index (χ2v) is 11.2. The van der Waals surface area contributed by atoms with Crippen molar-refractivity contribution in [3.05, 3.63) is 29.8 Å². The van der Waals surface area contributed by atoms with Crippen LogP contribution in [-0.4, -0.2) is 76.8 Å². The van der Waals surface area contributed by atoms with Gasteiger partial charge in [-0.3, -0.25) is 24.2 Å². The predicted octanol–water partition coefficient (Wildman–Crippen LogP) is 4.68. The standard InChI is InChI=1S/C25H34N2O4S.C2HF3O2/c1-4-5-6-9-16-32-18-12-10-17(11-13-18)21-19-20(23(29)26(2)22(19)28)25(24(30)31-3)14-7-8-15-27(21)25;3-2(4,5)1(6)7/h10-13,19-21H,4-9,14-16H2,1-3H3;(H,6,7)/t19-,20-,21+,25-;/m0./s1. The highest BCUT2D eigenvalue weighted by Gasteiger charge is 2.72. The lowest BCUT2D eigenvalue weighted by molar-refractivity contribution is -0.192. The number of unbranched alkanes of at least 4 members (excludes halogenated alkanes) is 3. The molecule has 0 aromatic heterocycles. The molecule has 1 aromatic rings. The van der Waals surface area contributed by atoms with Crippen LogP contribution < -0.4 is 0 Å². The van der Waals surface area contributed by atoms with Crippen LogP contribution in [0.3, 0.4) is 0 Å². The molecular formula is C27H35F3N2O6S. The van der Waals surface area contributed by atoms with Gasteiger partial charge in [-0.2, -0.15) is 13.2 Å². The number of carboxylic acids is 1. The summed E-state index contributed by atoms with van der Waals surface area (Å²) in [5, 5.41) is 7.12. The smallest absolute Gasteiger partial charge is 0.475 e. The van der Waals surface area contributed by atoms with Gasteiger partial charge in [0, 0.05) is 18.0 Å². The molecular weight excluding hydrogens is 537 g/mol. The number of halogens is 3. The molecule has 0 bridgehead atoms. The number of benzene rings is 1. The summed E-state index contributed by atoms with van der Waals surface area (Å²) in [6.45, 7) is 2.90. The van der Waals surface area contributed by atoms with Crippen LogP contribution in [0.15, 0.2) is 29.2 Å². The van der Waals surface area contributed by atoms with Gasteiger partial charge in [0.15, 0.2) is 0 Å². The van der Waals surface area contributed by atoms with Gasteiger partial charge in [0.1, 0.15) is 5.54 Å². The van der Waals surface area contributed by atoms with Crippen molar-refractivity contribution in [2.24, 2.45) is 11.8 Å². The van der Waals surface area contributed by atoms with E-state index in [1.165, 1.54) is 49.6 Å². The zero-order chi connectivity index (χ0) is 29.0. The quantitative estimate of drug-likeness (QED) is 0.207. The highest BCUT2D eigenvalue weighted by molar-refractivity contribution is 7.99. The minimum Gasteiger partial charge on any atom is -0.475 e. The molecule has 0 saturated carbocycles. The zero-order valence-electron chi connectivity index (χ0n) is 22.3. The maximum Gasteiger partial charge on any atom is 0.490 e. The van der Waals surface area contributed by atoms with E-state index in [1.807, 2.05) is 11.8 Å². The van der Waals surface area contributed by atoms with E-state index in [9.17, 15) is 27.6 Å². The highest BCUT2D eigenvalue weighted by Crippen LogP contribution is 2.58. The Hall–Kier alpha value is -2.60. The fourth-order valence-electron chi connectivity index (χ4n) is 5.98. The first-order valence-electron chi connectivity index (χ1n) is 13.1. The van der Waals surface area contributed by atoms with Crippen molar-refractivity contribution in [3.8, 4) is 0 Å². The fourth-order valence-corrected chi connectivity index (χ4v) is 6.89. The Morgan fingerprint density at radius 1 is 1.10 bits per heavy atom. The summed E-state index contributed by atoms with van der Waals surface area (Å²) < 4.78 is 37.0. The van der Waals surface area contributed by atoms with Crippen LogP contribution >= 0.6 is 11.8 Å². The largest absolute Gasteiger partial charge is 0.490 e. The molecule has 3 heterocycles. The summed E-state index contributed by atoms with van der Waals surface area (Å²) in [5.74, 6) is -3.69. The van der Waals surface area contributed by atoms with E-state index in [-0.39, 0.29) is 23.8 Å². The Balaban J connectivity index is 0.000000532. The molecule has 3 saturated heterocycles. The van der Waals surface area contributed by atoms with Crippen molar-refractivity contribution in [2.75, 3.05) is 26.5 Å². The molecule has 3 fully saturated rings. The van der Waals surface area contributed by atoms with Crippen LogP contribution in [0.25, 0.3) is 0 Å². The Morgan fingerprint density at radius 3 is 2.31 bits per heavy atom. The van der Waals surface area contributed by atoms with E-state index < -0.39 is 29.5 Å². The molecule has 3 aliphatic heterocycles. The maximum atomic E-state index is 13.2. The highest BCUT2D eigenvalue weighted by atomic mass is 32.2. The molecule has 4 atom stereocenters. The van der Waals surface area contributed by atoms with Gasteiger partial charge in [-0.05, 0) is 55.7 Å². The molecule has 12 heteroatoms. The number of piperidine rings is 1. The van der Waals surface area contributed by atoms with Gasteiger partial charge in [-0.15, -0.1) is 11.8 Å². The number of aliphatic carboxylic acids is 1. The number of methoxy groups -OCH3 is 1. The number of thioether (sulfide) groups is 1. The van der Waals surface area contributed by atoms with Gasteiger partial charge in [0.25, 0.3) is 0 Å². The summed E-state index contributed by atoms with van der Waals surface area (Å²) in [7, 11) is 2.92. The minimum absolute atomic E-state index is 0.183. The summed E-state index contributed by atoms with van der Waals surface area (Å²) in [6.07, 6.45) is 2.26. The summed E-state index contributed by atoms with van der Waals surface area (Å²) >= 11 is 1.86. The molecule has 0 unspecified atom stereocenters. The molecule has 1 N–H and O–H groups in total. The summed E-state index contributed by atoms with van der Waals surface area (Å²) in [4.78, 5) is 53.0. The molecule has 39 heavy (non-hydrogen) atoms. The molecule has 3 aliphatic rings. The predicted molar refractivity (Wildman–Crippen MR) is 138 cm³/mol. The van der Waals surface area contributed by atoms with Crippen molar-refractivity contribution >= 4 is 35.5 Å². The molecule has 0 radical (unpaired) electrons. The lowest BCUT2D eigenvalue weighted by atomic mass is 9.75. The van der Waals surface area contributed by atoms with Crippen LogP contribution in [0.2, 0.25) is 0 Å². The fraction of sp³-hybridized carbons (Fsp3) is 0.630. The second-order valence-electron chi connectivity index (χ2n) is 10.0. The number of carboxylic acid groups (broad SMARTS) is 1. The van der Waals surface area contributed by atoms with Crippen molar-refractivity contribution in [1.82, 2.24) is 9.80 Å². The first-order valence-corrected chi connectivity index (χ1v) is 14.1. The number of ether oxygens (including phenoxy) is 1. The number of alkyl halides is 3. The average molecular weight is 573 g/mol. The van der Waals surface area contributed by atoms with E-state index in [4.69, 9.17) is 14.6 Å². The molecule has 0 spiro atoms. The van der Waals surface area contributed by atoms with Crippen molar-refractivity contribution in [2.45, 2.75) is 74.5 Å². The minimum atomic E-state index is -5.08. The molecule has 8 nitrogen and oxygen atoms in total. The first-order chi connectivity index (χ1) is 18.4. The number of carbonyl (C=O) groups is 4. The number of amides is 2. The van der Waals surface area contributed by atoms with Crippen LogP contribution in [0.1, 0.15) is 63.5 Å². The number of hydrogen-bond acceptors (Lipinski definition) is 7. The lowest BCUT2D eigenvalue weighted by Gasteiger charge is -2.44. The summed E-state index contributed by atoms with van der Waals surface area (Å²) in [5.41, 5.74) is -0.0496. The normalized spacial score (nSPS) is 26.5. The van der Waals surface area contributed by atoms with Crippen LogP contribution in [-0.2, 0) is 23.9 Å². The molecule has 4 rings (SSSR count). The molecule has 0 aliphatic carbocycles. The van der Waals surface area contributed by atoms with E-state index in [0.29, 0.717) is 13.0 Å². The first kappa shape index (κ1) is 30.9. The van der Waals surface area contributed by atoms with Crippen molar-refractivity contribution in [1.29, 1.82) is 0 Å². The Bertz CT molecular complexity index is 1070. The number of nitrogens with zero attached hydrogens (tertiary/aromatic N) is 2. The monoisotopic (exact) mass is 572 g/mol. The maximum absolute atomic E-state index is 13.2. The van der Waals surface area contributed by atoms with Crippen LogP contribution in [0, 0.1) is 11.8 Å². The van der Waals surface area contributed by atoms with Crippen molar-refractivity contribution in [3.63, 3.8) is 0 Å². The number of carbonyl (C=O) groups excluding carboxylic acids is 3. The Kier molecular flexibility index (Phi) is 10.1. The van der Waals surface area contributed by atoms with Gasteiger partial charge < -0.3 is 9.84 Å².